The van der Waals surface area contributed by atoms with E-state index in [0.29, 0.717) is 43.6 Å². The second-order valence-electron chi connectivity index (χ2n) is 6.01. The van der Waals surface area contributed by atoms with Crippen LogP contribution >= 0.6 is 11.8 Å². The Morgan fingerprint density at radius 1 is 1.24 bits per heavy atom. The quantitative estimate of drug-likeness (QED) is 0.726. The molecule has 1 fully saturated rings. The summed E-state index contributed by atoms with van der Waals surface area (Å²) in [6.07, 6.45) is 1.60. The van der Waals surface area contributed by atoms with Gasteiger partial charge in [0, 0.05) is 31.2 Å². The van der Waals surface area contributed by atoms with Crippen molar-refractivity contribution in [3.8, 4) is 0 Å². The molecular formula is C18H25N3O3S. The van der Waals surface area contributed by atoms with Crippen molar-refractivity contribution in [3.63, 3.8) is 0 Å². The number of primary amides is 1. The van der Waals surface area contributed by atoms with Gasteiger partial charge in [-0.2, -0.15) is 11.8 Å². The van der Waals surface area contributed by atoms with Crippen LogP contribution < -0.4 is 11.1 Å². The third-order valence-electron chi connectivity index (χ3n) is 4.29. The number of benzene rings is 1. The molecule has 1 heterocycles. The van der Waals surface area contributed by atoms with Gasteiger partial charge in [-0.1, -0.05) is 19.1 Å². The molecule has 0 unspecified atom stereocenters. The fourth-order valence-electron chi connectivity index (χ4n) is 2.84. The number of likely N-dealkylation sites (tertiary alicyclic amines) is 1. The highest BCUT2D eigenvalue weighted by Crippen LogP contribution is 2.22. The molecular weight excluding hydrogens is 338 g/mol. The number of carbonyl (C=O) groups excluding carboxylic acids is 3. The van der Waals surface area contributed by atoms with Crippen molar-refractivity contribution in [3.05, 3.63) is 29.8 Å². The summed E-state index contributed by atoms with van der Waals surface area (Å²) in [5.74, 6) is 1.07. The summed E-state index contributed by atoms with van der Waals surface area (Å²) in [5.41, 5.74) is 6.36. The third-order valence-corrected chi connectivity index (χ3v) is 5.19. The van der Waals surface area contributed by atoms with E-state index < -0.39 is 0 Å². The summed E-state index contributed by atoms with van der Waals surface area (Å²) >= 11 is 1.71. The zero-order chi connectivity index (χ0) is 18.2. The van der Waals surface area contributed by atoms with E-state index in [1.807, 2.05) is 0 Å². The molecule has 0 aliphatic carbocycles. The van der Waals surface area contributed by atoms with Gasteiger partial charge in [0.25, 0.3) is 5.91 Å². The van der Waals surface area contributed by atoms with Gasteiger partial charge in [0.2, 0.25) is 11.8 Å². The Labute approximate surface area is 152 Å². The van der Waals surface area contributed by atoms with Crippen LogP contribution in [0.3, 0.4) is 0 Å². The number of nitrogens with zero attached hydrogens (tertiary/aromatic N) is 1. The Hall–Kier alpha value is -2.02. The largest absolute Gasteiger partial charge is 0.369 e. The standard InChI is InChI=1S/C18H25N3O3S/c1-2-25-12-9-16(22)20-15-6-4-3-5-14(15)18(24)21-10-7-13(8-11-21)17(19)23/h3-6,13H,2,7-12H2,1H3,(H2,19,23)(H,20,22). The van der Waals surface area contributed by atoms with Crippen molar-refractivity contribution in [2.75, 3.05) is 29.9 Å². The Bertz CT molecular complexity index is 628. The van der Waals surface area contributed by atoms with E-state index in [1.165, 1.54) is 0 Å². The van der Waals surface area contributed by atoms with Crippen molar-refractivity contribution in [1.29, 1.82) is 0 Å². The number of nitrogens with two attached hydrogens (primary N) is 1. The lowest BCUT2D eigenvalue weighted by Crippen LogP contribution is -2.42. The fraction of sp³-hybridized carbons (Fsp3) is 0.500. The third kappa shape index (κ3) is 5.49. The number of amides is 3. The maximum absolute atomic E-state index is 12.8. The smallest absolute Gasteiger partial charge is 0.255 e. The molecule has 0 bridgehead atoms. The predicted octanol–water partition coefficient (Wildman–Crippen LogP) is 2.11. The van der Waals surface area contributed by atoms with Gasteiger partial charge in [0.1, 0.15) is 0 Å². The fourth-order valence-corrected chi connectivity index (χ4v) is 3.46. The first-order valence-corrected chi connectivity index (χ1v) is 9.73. The summed E-state index contributed by atoms with van der Waals surface area (Å²) < 4.78 is 0. The molecule has 6 nitrogen and oxygen atoms in total. The first-order valence-electron chi connectivity index (χ1n) is 8.58. The van der Waals surface area contributed by atoms with Crippen molar-refractivity contribution in [2.24, 2.45) is 11.7 Å². The number of nitrogens with one attached hydrogen (secondary N) is 1. The minimum absolute atomic E-state index is 0.0892. The summed E-state index contributed by atoms with van der Waals surface area (Å²) in [6, 6.07) is 7.05. The van der Waals surface area contributed by atoms with E-state index in [0.717, 1.165) is 11.5 Å². The highest BCUT2D eigenvalue weighted by Gasteiger charge is 2.27. The first kappa shape index (κ1) is 19.3. The average molecular weight is 363 g/mol. The molecule has 1 aromatic rings. The number of carbonyl (C=O) groups is 3. The number of thioether (sulfide) groups is 1. The van der Waals surface area contributed by atoms with Crippen LogP contribution in [0.15, 0.2) is 24.3 Å². The molecule has 0 atom stereocenters. The number of rotatable bonds is 7. The number of para-hydroxylation sites is 1. The van der Waals surface area contributed by atoms with Crippen LogP contribution in [0.2, 0.25) is 0 Å². The van der Waals surface area contributed by atoms with Crippen molar-refractivity contribution in [2.45, 2.75) is 26.2 Å². The van der Waals surface area contributed by atoms with E-state index in [4.69, 9.17) is 5.73 Å². The summed E-state index contributed by atoms with van der Waals surface area (Å²) in [7, 11) is 0. The topological polar surface area (TPSA) is 92.5 Å². The Morgan fingerprint density at radius 2 is 1.92 bits per heavy atom. The molecule has 2 rings (SSSR count). The average Bonchev–Trinajstić information content (AvgIpc) is 2.62. The lowest BCUT2D eigenvalue weighted by atomic mass is 9.95. The van der Waals surface area contributed by atoms with Crippen molar-refractivity contribution >= 4 is 35.2 Å². The summed E-state index contributed by atoms with van der Waals surface area (Å²) in [4.78, 5) is 37.8. The van der Waals surface area contributed by atoms with Crippen LogP contribution in [0.5, 0.6) is 0 Å². The Morgan fingerprint density at radius 3 is 2.56 bits per heavy atom. The van der Waals surface area contributed by atoms with Crippen LogP contribution in [-0.4, -0.2) is 47.2 Å². The van der Waals surface area contributed by atoms with Crippen molar-refractivity contribution < 1.29 is 14.4 Å². The molecule has 0 saturated carbocycles. The minimum atomic E-state index is -0.301. The second kappa shape index (κ2) is 9.46. The van der Waals surface area contributed by atoms with Gasteiger partial charge in [-0.3, -0.25) is 14.4 Å². The highest BCUT2D eigenvalue weighted by molar-refractivity contribution is 7.99. The molecule has 1 saturated heterocycles. The Balaban J connectivity index is 2.01. The van der Waals surface area contributed by atoms with Gasteiger partial charge < -0.3 is 16.0 Å². The van der Waals surface area contributed by atoms with Gasteiger partial charge in [-0.25, -0.2) is 0 Å². The van der Waals surface area contributed by atoms with Crippen LogP contribution in [0, 0.1) is 5.92 Å². The van der Waals surface area contributed by atoms with Crippen LogP contribution in [0.25, 0.3) is 0 Å². The van der Waals surface area contributed by atoms with Gasteiger partial charge in [-0.15, -0.1) is 0 Å². The molecule has 3 amide bonds. The molecule has 0 radical (unpaired) electrons. The molecule has 25 heavy (non-hydrogen) atoms. The van der Waals surface area contributed by atoms with E-state index in [9.17, 15) is 14.4 Å². The molecule has 1 aromatic carbocycles. The molecule has 3 N–H and O–H groups in total. The number of hydrogen-bond donors (Lipinski definition) is 2. The van der Waals surface area contributed by atoms with Gasteiger partial charge in [-0.05, 0) is 30.7 Å². The first-order chi connectivity index (χ1) is 12.0. The predicted molar refractivity (Wildman–Crippen MR) is 101 cm³/mol. The molecule has 1 aliphatic rings. The zero-order valence-electron chi connectivity index (χ0n) is 14.5. The van der Waals surface area contributed by atoms with Crippen molar-refractivity contribution in [1.82, 2.24) is 4.90 Å². The number of anilines is 1. The van der Waals surface area contributed by atoms with Gasteiger partial charge >= 0.3 is 0 Å². The minimum Gasteiger partial charge on any atom is -0.369 e. The van der Waals surface area contributed by atoms with E-state index in [2.05, 4.69) is 12.2 Å². The van der Waals surface area contributed by atoms with Gasteiger partial charge in [0.05, 0.1) is 11.3 Å². The maximum atomic E-state index is 12.8. The molecule has 7 heteroatoms. The molecule has 1 aliphatic heterocycles. The van der Waals surface area contributed by atoms with E-state index in [-0.39, 0.29) is 23.6 Å². The van der Waals surface area contributed by atoms with E-state index in [1.54, 1.807) is 40.9 Å². The maximum Gasteiger partial charge on any atom is 0.255 e. The van der Waals surface area contributed by atoms with Crippen LogP contribution in [0.1, 0.15) is 36.5 Å². The summed E-state index contributed by atoms with van der Waals surface area (Å²) in [6.45, 7) is 3.06. The lowest BCUT2D eigenvalue weighted by Gasteiger charge is -2.31. The second-order valence-corrected chi connectivity index (χ2v) is 7.40. The molecule has 0 aromatic heterocycles. The zero-order valence-corrected chi connectivity index (χ0v) is 15.3. The normalized spacial score (nSPS) is 15.0. The molecule has 0 spiro atoms. The van der Waals surface area contributed by atoms with Gasteiger partial charge in [0.15, 0.2) is 0 Å². The summed E-state index contributed by atoms with van der Waals surface area (Å²) in [5, 5.41) is 2.84. The Kier molecular flexibility index (Phi) is 7.31. The SMILES string of the molecule is CCSCCC(=O)Nc1ccccc1C(=O)N1CCC(C(N)=O)CC1. The van der Waals surface area contributed by atoms with Crippen LogP contribution in [-0.2, 0) is 9.59 Å². The lowest BCUT2D eigenvalue weighted by molar-refractivity contribution is -0.123. The monoisotopic (exact) mass is 363 g/mol. The number of piperidine rings is 1. The number of hydrogen-bond acceptors (Lipinski definition) is 4. The highest BCUT2D eigenvalue weighted by atomic mass is 32.2. The molecule has 136 valence electrons. The van der Waals surface area contributed by atoms with E-state index >= 15 is 0 Å². The van der Waals surface area contributed by atoms with Crippen LogP contribution in [0.4, 0.5) is 5.69 Å².